The van der Waals surface area contributed by atoms with Crippen molar-refractivity contribution in [3.8, 4) is 17.1 Å². The Morgan fingerprint density at radius 2 is 1.96 bits per heavy atom. The van der Waals surface area contributed by atoms with Crippen LogP contribution in [0.4, 0.5) is 10.3 Å². The van der Waals surface area contributed by atoms with Crippen LogP contribution in [0.15, 0.2) is 61.3 Å². The van der Waals surface area contributed by atoms with Gasteiger partial charge in [0.25, 0.3) is 0 Å². The number of alkyl halides is 1. The SMILES string of the molecule is C=CC(=O)N1CCc2c(cccc2-c2ccccc2CNc2nc(OC3CCC(C)(C)NC3)nc3c(C(C)C)cnn23)C1.CF. The zero-order valence-electron chi connectivity index (χ0n) is 26.9. The average Bonchev–Trinajstić information content (AvgIpc) is 3.49. The van der Waals surface area contributed by atoms with Crippen molar-refractivity contribution < 1.29 is 13.9 Å². The van der Waals surface area contributed by atoms with Crippen LogP contribution in [0.1, 0.15) is 68.7 Å². The number of aromatic nitrogens is 4. The number of benzene rings is 2. The minimum absolute atomic E-state index is 0.0106. The second-order valence-electron chi connectivity index (χ2n) is 12.5. The minimum atomic E-state index is -0.0250. The standard InChI is InChI=1S/C34H41N7O2.CH3F/c1-6-30(42)40-17-15-27-24(21-40)11-9-13-28(27)26-12-8-7-10-23(26)18-35-32-39-33(43-25-14-16-34(4,5)36-19-25)38-31-29(22(2)3)20-37-41(31)32;1-2/h6-13,20,22,25,36H,1,14-19,21H2,2-5H3,(H,35,38,39);1H3. The highest BCUT2D eigenvalue weighted by Crippen LogP contribution is 2.33. The van der Waals surface area contributed by atoms with Gasteiger partial charge in [0.15, 0.2) is 5.65 Å². The number of hydrogen-bond donors (Lipinski definition) is 2. The Bertz CT molecular complexity index is 1660. The Hall–Kier alpha value is -4.31. The highest BCUT2D eigenvalue weighted by atomic mass is 19.1. The van der Waals surface area contributed by atoms with Crippen LogP contribution in [0, 0.1) is 0 Å². The van der Waals surface area contributed by atoms with E-state index in [-0.39, 0.29) is 23.5 Å². The maximum absolute atomic E-state index is 12.3. The Kier molecular flexibility index (Phi) is 9.82. The lowest BCUT2D eigenvalue weighted by Crippen LogP contribution is -2.50. The fourth-order valence-electron chi connectivity index (χ4n) is 6.09. The third kappa shape index (κ3) is 7.01. The summed E-state index contributed by atoms with van der Waals surface area (Å²) in [5.41, 5.74) is 7.91. The van der Waals surface area contributed by atoms with Gasteiger partial charge in [-0.3, -0.25) is 9.18 Å². The summed E-state index contributed by atoms with van der Waals surface area (Å²) in [6.07, 6.45) is 6.06. The number of anilines is 1. The van der Waals surface area contributed by atoms with Gasteiger partial charge < -0.3 is 20.3 Å². The van der Waals surface area contributed by atoms with E-state index in [9.17, 15) is 9.18 Å². The molecule has 4 aromatic rings. The molecule has 9 nitrogen and oxygen atoms in total. The number of carbonyl (C=O) groups is 1. The highest BCUT2D eigenvalue weighted by molar-refractivity contribution is 5.87. The van der Waals surface area contributed by atoms with Gasteiger partial charge in [-0.1, -0.05) is 62.9 Å². The van der Waals surface area contributed by atoms with Gasteiger partial charge in [0.05, 0.1) is 13.4 Å². The molecule has 2 aromatic heterocycles. The van der Waals surface area contributed by atoms with E-state index in [1.54, 1.807) is 4.52 Å². The zero-order chi connectivity index (χ0) is 32.1. The van der Waals surface area contributed by atoms with Crippen LogP contribution in [-0.4, -0.2) is 62.3 Å². The molecule has 2 aliphatic heterocycles. The van der Waals surface area contributed by atoms with Gasteiger partial charge in [-0.15, -0.1) is 0 Å². The molecule has 0 radical (unpaired) electrons. The van der Waals surface area contributed by atoms with E-state index in [0.717, 1.165) is 48.1 Å². The summed E-state index contributed by atoms with van der Waals surface area (Å²) in [7, 11) is 0.500. The first-order chi connectivity index (χ1) is 21.7. The number of ether oxygens (including phenoxy) is 1. The molecule has 45 heavy (non-hydrogen) atoms. The Labute approximate surface area is 264 Å². The molecule has 10 heteroatoms. The second kappa shape index (κ2) is 13.8. The number of piperidine rings is 1. The predicted octanol–water partition coefficient (Wildman–Crippen LogP) is 6.09. The smallest absolute Gasteiger partial charge is 0.322 e. The molecule has 0 saturated carbocycles. The van der Waals surface area contributed by atoms with Gasteiger partial charge in [0.2, 0.25) is 11.9 Å². The number of fused-ring (bicyclic) bond motifs is 2. The summed E-state index contributed by atoms with van der Waals surface area (Å²) < 4.78 is 17.6. The molecule has 1 saturated heterocycles. The normalized spacial score (nSPS) is 17.3. The Morgan fingerprint density at radius 1 is 1.18 bits per heavy atom. The van der Waals surface area contributed by atoms with Crippen LogP contribution < -0.4 is 15.4 Å². The van der Waals surface area contributed by atoms with Gasteiger partial charge in [0, 0.05) is 37.3 Å². The van der Waals surface area contributed by atoms with Crippen LogP contribution >= 0.6 is 0 Å². The van der Waals surface area contributed by atoms with Crippen LogP contribution in [0.2, 0.25) is 0 Å². The molecule has 1 unspecified atom stereocenters. The Balaban J connectivity index is 0.00000196. The van der Waals surface area contributed by atoms with Crippen molar-refractivity contribution in [2.24, 2.45) is 0 Å². The molecule has 4 heterocycles. The van der Waals surface area contributed by atoms with Crippen molar-refractivity contribution in [1.29, 1.82) is 0 Å². The summed E-state index contributed by atoms with van der Waals surface area (Å²) in [5.74, 6) is 0.829. The highest BCUT2D eigenvalue weighted by Gasteiger charge is 2.28. The first-order valence-electron chi connectivity index (χ1n) is 15.6. The summed E-state index contributed by atoms with van der Waals surface area (Å²) in [5, 5.41) is 11.8. The fraction of sp³-hybridized carbons (Fsp3) is 0.429. The quantitative estimate of drug-likeness (QED) is 0.232. The van der Waals surface area contributed by atoms with E-state index in [1.807, 2.05) is 11.1 Å². The Morgan fingerprint density at radius 3 is 2.69 bits per heavy atom. The lowest BCUT2D eigenvalue weighted by molar-refractivity contribution is -0.126. The van der Waals surface area contributed by atoms with E-state index < -0.39 is 0 Å². The molecule has 1 fully saturated rings. The molecule has 2 aromatic carbocycles. The van der Waals surface area contributed by atoms with Gasteiger partial charge >= 0.3 is 6.01 Å². The average molecular weight is 614 g/mol. The molecular weight excluding hydrogens is 569 g/mol. The molecule has 6 rings (SSSR count). The van der Waals surface area contributed by atoms with E-state index >= 15 is 0 Å². The number of halogens is 1. The molecule has 1 atom stereocenters. The van der Waals surface area contributed by atoms with E-state index in [4.69, 9.17) is 14.7 Å². The largest absolute Gasteiger partial charge is 0.459 e. The first-order valence-corrected chi connectivity index (χ1v) is 15.6. The first kappa shape index (κ1) is 32.1. The van der Waals surface area contributed by atoms with Crippen LogP contribution in [0.3, 0.4) is 0 Å². The van der Waals surface area contributed by atoms with Crippen LogP contribution in [0.5, 0.6) is 6.01 Å². The van der Waals surface area contributed by atoms with Crippen molar-refractivity contribution in [2.75, 3.05) is 25.6 Å². The zero-order valence-corrected chi connectivity index (χ0v) is 26.9. The molecule has 2 aliphatic rings. The van der Waals surface area contributed by atoms with Gasteiger partial charge in [-0.25, -0.2) is 0 Å². The third-order valence-electron chi connectivity index (χ3n) is 8.67. The second-order valence-corrected chi connectivity index (χ2v) is 12.5. The molecular formula is C35H44FN7O2. The van der Waals surface area contributed by atoms with E-state index in [2.05, 4.69) is 92.5 Å². The van der Waals surface area contributed by atoms with Crippen molar-refractivity contribution in [3.63, 3.8) is 0 Å². The summed E-state index contributed by atoms with van der Waals surface area (Å²) >= 11 is 0. The number of rotatable bonds is 8. The number of amides is 1. The fourth-order valence-corrected chi connectivity index (χ4v) is 6.09. The van der Waals surface area contributed by atoms with E-state index in [0.29, 0.717) is 38.8 Å². The van der Waals surface area contributed by atoms with Gasteiger partial charge in [-0.2, -0.15) is 19.6 Å². The number of nitrogens with zero attached hydrogens (tertiary/aromatic N) is 5. The molecule has 2 N–H and O–H groups in total. The van der Waals surface area contributed by atoms with Gasteiger partial charge in [0.1, 0.15) is 6.10 Å². The van der Waals surface area contributed by atoms with Crippen molar-refractivity contribution in [3.05, 3.63) is 83.6 Å². The van der Waals surface area contributed by atoms with E-state index in [1.165, 1.54) is 22.8 Å². The van der Waals surface area contributed by atoms with Crippen LogP contribution in [0.25, 0.3) is 16.8 Å². The summed E-state index contributed by atoms with van der Waals surface area (Å²) in [6.45, 7) is 15.0. The minimum Gasteiger partial charge on any atom is -0.459 e. The van der Waals surface area contributed by atoms with Gasteiger partial charge in [-0.05, 0) is 72.9 Å². The van der Waals surface area contributed by atoms with Crippen LogP contribution in [-0.2, 0) is 24.3 Å². The lowest BCUT2D eigenvalue weighted by atomic mass is 9.88. The summed E-state index contributed by atoms with van der Waals surface area (Å²) in [6, 6.07) is 15.2. The maximum atomic E-state index is 12.3. The number of carbonyl (C=O) groups excluding carboxylic acids is 1. The molecule has 238 valence electrons. The third-order valence-corrected chi connectivity index (χ3v) is 8.67. The van der Waals surface area contributed by atoms with Crippen molar-refractivity contribution >= 4 is 17.5 Å². The maximum Gasteiger partial charge on any atom is 0.322 e. The molecule has 0 aliphatic carbocycles. The number of hydrogen-bond acceptors (Lipinski definition) is 7. The van der Waals surface area contributed by atoms with Crippen molar-refractivity contribution in [1.82, 2.24) is 29.8 Å². The van der Waals surface area contributed by atoms with Crippen molar-refractivity contribution in [2.45, 2.75) is 77.6 Å². The molecule has 0 bridgehead atoms. The lowest BCUT2D eigenvalue weighted by Gasteiger charge is -2.35. The predicted molar refractivity (Wildman–Crippen MR) is 176 cm³/mol. The molecule has 0 spiro atoms. The molecule has 1 amide bonds. The summed E-state index contributed by atoms with van der Waals surface area (Å²) in [4.78, 5) is 23.7. The monoisotopic (exact) mass is 613 g/mol. The number of nitrogens with one attached hydrogen (secondary N) is 2. The topological polar surface area (TPSA) is 96.7 Å².